The molecule has 5 heteroatoms. The van der Waals surface area contributed by atoms with Crippen molar-refractivity contribution in [1.82, 2.24) is 4.98 Å². The predicted molar refractivity (Wildman–Crippen MR) is 81.7 cm³/mol. The summed E-state index contributed by atoms with van der Waals surface area (Å²) in [5.74, 6) is -0.212. The van der Waals surface area contributed by atoms with Crippen LogP contribution in [0, 0.1) is 0 Å². The molecule has 3 nitrogen and oxygen atoms in total. The van der Waals surface area contributed by atoms with Crippen LogP contribution in [0.1, 0.15) is 10.5 Å². The highest BCUT2D eigenvalue weighted by Gasteiger charge is 2.08. The average Bonchev–Trinajstić information content (AvgIpc) is 2.86. The van der Waals surface area contributed by atoms with Crippen molar-refractivity contribution < 1.29 is 4.79 Å². The quantitative estimate of drug-likeness (QED) is 0.710. The summed E-state index contributed by atoms with van der Waals surface area (Å²) in [5.41, 5.74) is 1.16. The van der Waals surface area contributed by atoms with Crippen LogP contribution in [-0.2, 0) is 0 Å². The van der Waals surface area contributed by atoms with Gasteiger partial charge in [-0.3, -0.25) is 4.79 Å². The van der Waals surface area contributed by atoms with Crippen molar-refractivity contribution in [2.45, 2.75) is 0 Å². The van der Waals surface area contributed by atoms with Crippen LogP contribution in [0.3, 0.4) is 0 Å². The number of aromatic nitrogens is 1. The largest absolute Gasteiger partial charge is 0.321 e. The standard InChI is InChI=1S/C14H9BrN2OS/c15-13-3-1-2-11(17-13)14(18)16-10-4-5-12-9(8-10)6-7-19-12/h1-8H,(H,16,18). The third-order valence-electron chi connectivity index (χ3n) is 2.66. The molecule has 1 amide bonds. The molecule has 2 heterocycles. The predicted octanol–water partition coefficient (Wildman–Crippen LogP) is 4.31. The lowest BCUT2D eigenvalue weighted by Gasteiger charge is -2.05. The molecular formula is C14H9BrN2OS. The zero-order valence-electron chi connectivity index (χ0n) is 9.76. The van der Waals surface area contributed by atoms with Crippen LogP contribution in [0.4, 0.5) is 5.69 Å². The van der Waals surface area contributed by atoms with E-state index in [0.717, 1.165) is 11.1 Å². The molecule has 0 saturated carbocycles. The number of nitrogens with zero attached hydrogens (tertiary/aromatic N) is 1. The fourth-order valence-electron chi connectivity index (χ4n) is 1.77. The van der Waals surface area contributed by atoms with Crippen LogP contribution in [0.25, 0.3) is 10.1 Å². The number of rotatable bonds is 2. The van der Waals surface area contributed by atoms with Gasteiger partial charge in [-0.2, -0.15) is 0 Å². The summed E-state index contributed by atoms with van der Waals surface area (Å²) in [5, 5.41) is 6.01. The number of carbonyl (C=O) groups excluding carboxylic acids is 1. The Hall–Kier alpha value is -1.72. The molecule has 0 aliphatic carbocycles. The van der Waals surface area contributed by atoms with Crippen molar-refractivity contribution in [2.24, 2.45) is 0 Å². The van der Waals surface area contributed by atoms with E-state index in [1.54, 1.807) is 29.5 Å². The molecular weight excluding hydrogens is 324 g/mol. The van der Waals surface area contributed by atoms with Crippen LogP contribution < -0.4 is 5.32 Å². The number of nitrogens with one attached hydrogen (secondary N) is 1. The summed E-state index contributed by atoms with van der Waals surface area (Å²) >= 11 is 4.94. The maximum absolute atomic E-state index is 12.0. The van der Waals surface area contributed by atoms with Gasteiger partial charge < -0.3 is 5.32 Å². The van der Waals surface area contributed by atoms with E-state index in [1.807, 2.05) is 29.6 Å². The fraction of sp³-hybridized carbons (Fsp3) is 0. The van der Waals surface area contributed by atoms with E-state index >= 15 is 0 Å². The van der Waals surface area contributed by atoms with Crippen LogP contribution in [0.5, 0.6) is 0 Å². The normalized spacial score (nSPS) is 10.6. The smallest absolute Gasteiger partial charge is 0.274 e. The van der Waals surface area contributed by atoms with Gasteiger partial charge in [-0.1, -0.05) is 6.07 Å². The lowest BCUT2D eigenvalue weighted by molar-refractivity contribution is 0.102. The molecule has 0 spiro atoms. The number of anilines is 1. The molecule has 0 fully saturated rings. The molecule has 0 atom stereocenters. The molecule has 2 aromatic heterocycles. The first-order valence-corrected chi connectivity index (χ1v) is 7.31. The second-order valence-electron chi connectivity index (χ2n) is 3.97. The molecule has 0 bridgehead atoms. The third-order valence-corrected chi connectivity index (χ3v) is 4.00. The Morgan fingerprint density at radius 3 is 2.95 bits per heavy atom. The molecule has 3 aromatic rings. The third kappa shape index (κ3) is 2.67. The summed E-state index contributed by atoms with van der Waals surface area (Å²) in [6.45, 7) is 0. The SMILES string of the molecule is O=C(Nc1ccc2sccc2c1)c1cccc(Br)n1. The van der Waals surface area contributed by atoms with Gasteiger partial charge in [0.15, 0.2) is 0 Å². The number of amides is 1. The van der Waals surface area contributed by atoms with E-state index in [0.29, 0.717) is 10.3 Å². The molecule has 0 unspecified atom stereocenters. The van der Waals surface area contributed by atoms with Crippen molar-refractivity contribution in [1.29, 1.82) is 0 Å². The average molecular weight is 333 g/mol. The van der Waals surface area contributed by atoms with E-state index in [-0.39, 0.29) is 5.91 Å². The number of hydrogen-bond donors (Lipinski definition) is 1. The molecule has 0 radical (unpaired) electrons. The van der Waals surface area contributed by atoms with E-state index in [9.17, 15) is 4.79 Å². The first-order valence-electron chi connectivity index (χ1n) is 5.63. The fourth-order valence-corrected chi connectivity index (χ4v) is 2.89. The second kappa shape index (κ2) is 5.11. The molecule has 1 N–H and O–H groups in total. The Labute approximate surface area is 122 Å². The molecule has 3 rings (SSSR count). The van der Waals surface area contributed by atoms with E-state index < -0.39 is 0 Å². The topological polar surface area (TPSA) is 42.0 Å². The van der Waals surface area contributed by atoms with E-state index in [1.165, 1.54) is 4.70 Å². The second-order valence-corrected chi connectivity index (χ2v) is 5.73. The number of benzene rings is 1. The summed E-state index contributed by atoms with van der Waals surface area (Å²) in [6.07, 6.45) is 0. The Kier molecular flexibility index (Phi) is 3.31. The monoisotopic (exact) mass is 332 g/mol. The van der Waals surface area contributed by atoms with Gasteiger partial charge in [0.05, 0.1) is 0 Å². The Morgan fingerprint density at radius 1 is 1.21 bits per heavy atom. The molecule has 0 saturated heterocycles. The van der Waals surface area contributed by atoms with Gasteiger partial charge in [-0.15, -0.1) is 11.3 Å². The zero-order chi connectivity index (χ0) is 13.2. The Morgan fingerprint density at radius 2 is 2.11 bits per heavy atom. The molecule has 94 valence electrons. The minimum Gasteiger partial charge on any atom is -0.321 e. The van der Waals surface area contributed by atoms with Crippen molar-refractivity contribution in [3.63, 3.8) is 0 Å². The van der Waals surface area contributed by atoms with Gasteiger partial charge in [0.25, 0.3) is 5.91 Å². The van der Waals surface area contributed by atoms with Gasteiger partial charge in [-0.05, 0) is 63.1 Å². The lowest BCUT2D eigenvalue weighted by atomic mass is 10.2. The Bertz CT molecular complexity index is 754. The lowest BCUT2D eigenvalue weighted by Crippen LogP contribution is -2.13. The van der Waals surface area contributed by atoms with Crippen LogP contribution in [0.2, 0.25) is 0 Å². The highest BCUT2D eigenvalue weighted by Crippen LogP contribution is 2.24. The van der Waals surface area contributed by atoms with Gasteiger partial charge in [0, 0.05) is 10.4 Å². The van der Waals surface area contributed by atoms with Gasteiger partial charge in [-0.25, -0.2) is 4.98 Å². The van der Waals surface area contributed by atoms with Crippen molar-refractivity contribution in [3.8, 4) is 0 Å². The van der Waals surface area contributed by atoms with Crippen molar-refractivity contribution >= 4 is 48.9 Å². The number of fused-ring (bicyclic) bond motifs is 1. The first kappa shape index (κ1) is 12.3. The molecule has 19 heavy (non-hydrogen) atoms. The van der Waals surface area contributed by atoms with Crippen molar-refractivity contribution in [2.75, 3.05) is 5.32 Å². The molecule has 0 aliphatic heterocycles. The van der Waals surface area contributed by atoms with Crippen molar-refractivity contribution in [3.05, 3.63) is 58.1 Å². The summed E-state index contributed by atoms with van der Waals surface area (Å²) in [7, 11) is 0. The van der Waals surface area contributed by atoms with Crippen LogP contribution >= 0.6 is 27.3 Å². The summed E-state index contributed by atoms with van der Waals surface area (Å²) in [6, 6.07) is 13.2. The molecule has 1 aromatic carbocycles. The number of pyridine rings is 1. The first-order chi connectivity index (χ1) is 9.22. The van der Waals surface area contributed by atoms with Gasteiger partial charge >= 0.3 is 0 Å². The van der Waals surface area contributed by atoms with Crippen LogP contribution in [0.15, 0.2) is 52.4 Å². The van der Waals surface area contributed by atoms with Gasteiger partial charge in [0.2, 0.25) is 0 Å². The van der Waals surface area contributed by atoms with Crippen LogP contribution in [-0.4, -0.2) is 10.9 Å². The maximum atomic E-state index is 12.0. The number of thiophene rings is 1. The minimum atomic E-state index is -0.212. The highest BCUT2D eigenvalue weighted by atomic mass is 79.9. The zero-order valence-corrected chi connectivity index (χ0v) is 12.2. The minimum absolute atomic E-state index is 0.212. The maximum Gasteiger partial charge on any atom is 0.274 e. The molecule has 0 aliphatic rings. The van der Waals surface area contributed by atoms with Gasteiger partial charge in [0.1, 0.15) is 10.3 Å². The number of hydrogen-bond acceptors (Lipinski definition) is 3. The Balaban J connectivity index is 1.86. The van der Waals surface area contributed by atoms with E-state index in [4.69, 9.17) is 0 Å². The summed E-state index contributed by atoms with van der Waals surface area (Å²) in [4.78, 5) is 16.2. The number of carbonyl (C=O) groups is 1. The number of halogens is 1. The summed E-state index contributed by atoms with van der Waals surface area (Å²) < 4.78 is 1.85. The van der Waals surface area contributed by atoms with E-state index in [2.05, 4.69) is 26.2 Å². The highest BCUT2D eigenvalue weighted by molar-refractivity contribution is 9.10.